The number of halogens is 1. The van der Waals surface area contributed by atoms with Crippen LogP contribution >= 0.6 is 11.6 Å². The molecule has 0 radical (unpaired) electrons. The molecular formula is C14H15ClN2O2. The molecule has 0 bridgehead atoms. The first-order valence-corrected chi connectivity index (χ1v) is 6.72. The van der Waals surface area contributed by atoms with Crippen LogP contribution in [0, 0.1) is 0 Å². The zero-order chi connectivity index (χ0) is 13.2. The Hall–Kier alpha value is -1.52. The molecule has 3 rings (SSSR count). The van der Waals surface area contributed by atoms with Crippen LogP contribution in [0.15, 0.2) is 28.8 Å². The Balaban J connectivity index is 2.03. The second kappa shape index (κ2) is 5.23. The average molecular weight is 279 g/mol. The number of benzene rings is 1. The van der Waals surface area contributed by atoms with E-state index in [1.807, 2.05) is 24.3 Å². The highest BCUT2D eigenvalue weighted by Gasteiger charge is 2.26. The smallest absolute Gasteiger partial charge is 0.175 e. The fourth-order valence-corrected chi connectivity index (χ4v) is 2.67. The van der Waals surface area contributed by atoms with Crippen molar-refractivity contribution in [2.75, 3.05) is 18.9 Å². The fourth-order valence-electron chi connectivity index (χ4n) is 2.48. The molecule has 0 amide bonds. The van der Waals surface area contributed by atoms with E-state index in [9.17, 15) is 0 Å². The number of nitrogens with zero attached hydrogens (tertiary/aromatic N) is 1. The van der Waals surface area contributed by atoms with E-state index in [0.717, 1.165) is 36.3 Å². The predicted octanol–water partition coefficient (Wildman–Crippen LogP) is 3.47. The van der Waals surface area contributed by atoms with Gasteiger partial charge < -0.3 is 15.0 Å². The summed E-state index contributed by atoms with van der Waals surface area (Å²) in [6, 6.07) is 7.56. The van der Waals surface area contributed by atoms with Crippen LogP contribution < -0.4 is 5.73 Å². The molecule has 0 spiro atoms. The van der Waals surface area contributed by atoms with E-state index < -0.39 is 0 Å². The van der Waals surface area contributed by atoms with Gasteiger partial charge in [0.05, 0.1) is 12.2 Å². The third-order valence-corrected chi connectivity index (χ3v) is 3.62. The number of nitrogen functional groups attached to an aromatic ring is 1. The molecule has 1 aliphatic rings. The molecule has 1 fully saturated rings. The monoisotopic (exact) mass is 278 g/mol. The minimum Gasteiger partial charge on any atom is -0.381 e. The van der Waals surface area contributed by atoms with E-state index in [1.165, 1.54) is 0 Å². The zero-order valence-electron chi connectivity index (χ0n) is 10.4. The number of anilines is 1. The quantitative estimate of drug-likeness (QED) is 0.914. The molecule has 1 unspecified atom stereocenters. The standard InChI is InChI=1S/C14H15ClN2O2/c15-11-5-1-3-9(7-11)12-13(19-17-14(12)16)10-4-2-6-18-8-10/h1,3,5,7,10H,2,4,6,8H2,(H2,16,17). The first-order chi connectivity index (χ1) is 9.25. The summed E-state index contributed by atoms with van der Waals surface area (Å²) >= 11 is 6.04. The molecule has 1 aromatic heterocycles. The molecule has 100 valence electrons. The van der Waals surface area contributed by atoms with Crippen LogP contribution in [-0.2, 0) is 4.74 Å². The van der Waals surface area contributed by atoms with Gasteiger partial charge in [-0.1, -0.05) is 28.9 Å². The number of hydrogen-bond acceptors (Lipinski definition) is 4. The summed E-state index contributed by atoms with van der Waals surface area (Å²) in [5.74, 6) is 1.43. The van der Waals surface area contributed by atoms with Crippen molar-refractivity contribution in [2.45, 2.75) is 18.8 Å². The molecule has 1 aromatic carbocycles. The molecule has 1 aliphatic heterocycles. The SMILES string of the molecule is Nc1noc(C2CCCOC2)c1-c1cccc(Cl)c1. The van der Waals surface area contributed by atoms with Gasteiger partial charge in [0.1, 0.15) is 0 Å². The lowest BCUT2D eigenvalue weighted by Crippen LogP contribution is -2.15. The van der Waals surface area contributed by atoms with Crippen molar-refractivity contribution in [3.63, 3.8) is 0 Å². The van der Waals surface area contributed by atoms with Gasteiger partial charge >= 0.3 is 0 Å². The predicted molar refractivity (Wildman–Crippen MR) is 74.2 cm³/mol. The van der Waals surface area contributed by atoms with Crippen LogP contribution in [0.1, 0.15) is 24.5 Å². The third-order valence-electron chi connectivity index (χ3n) is 3.39. The summed E-state index contributed by atoms with van der Waals surface area (Å²) in [6.45, 7) is 1.47. The molecule has 1 atom stereocenters. The Morgan fingerprint density at radius 2 is 2.26 bits per heavy atom. The van der Waals surface area contributed by atoms with E-state index >= 15 is 0 Å². The Bertz CT molecular complexity index is 577. The summed E-state index contributed by atoms with van der Waals surface area (Å²) in [6.07, 6.45) is 2.06. The Kier molecular flexibility index (Phi) is 3.44. The maximum Gasteiger partial charge on any atom is 0.175 e. The number of aromatic nitrogens is 1. The zero-order valence-corrected chi connectivity index (χ0v) is 11.2. The van der Waals surface area contributed by atoms with Gasteiger partial charge in [-0.25, -0.2) is 0 Å². The Morgan fingerprint density at radius 3 is 3.00 bits per heavy atom. The van der Waals surface area contributed by atoms with Crippen LogP contribution in [0.4, 0.5) is 5.82 Å². The Morgan fingerprint density at radius 1 is 1.37 bits per heavy atom. The Labute approximate surface area is 116 Å². The van der Waals surface area contributed by atoms with E-state index in [0.29, 0.717) is 17.4 Å². The van der Waals surface area contributed by atoms with Gasteiger partial charge in [0, 0.05) is 17.5 Å². The lowest BCUT2D eigenvalue weighted by molar-refractivity contribution is 0.0723. The van der Waals surface area contributed by atoms with E-state index in [1.54, 1.807) is 0 Å². The molecule has 0 saturated carbocycles. The highest BCUT2D eigenvalue weighted by atomic mass is 35.5. The van der Waals surface area contributed by atoms with Gasteiger partial charge in [-0.05, 0) is 30.5 Å². The van der Waals surface area contributed by atoms with Gasteiger partial charge in [-0.15, -0.1) is 0 Å². The molecular weight excluding hydrogens is 264 g/mol. The molecule has 2 N–H and O–H groups in total. The highest BCUT2D eigenvalue weighted by molar-refractivity contribution is 6.30. The second-order valence-electron chi connectivity index (χ2n) is 4.73. The van der Waals surface area contributed by atoms with Crippen molar-refractivity contribution >= 4 is 17.4 Å². The van der Waals surface area contributed by atoms with Gasteiger partial charge in [0.15, 0.2) is 11.6 Å². The van der Waals surface area contributed by atoms with E-state index in [4.69, 9.17) is 26.6 Å². The average Bonchev–Trinajstić information content (AvgIpc) is 2.82. The van der Waals surface area contributed by atoms with Crippen molar-refractivity contribution < 1.29 is 9.26 Å². The first kappa shape index (κ1) is 12.5. The molecule has 1 saturated heterocycles. The minimum atomic E-state index is 0.215. The summed E-state index contributed by atoms with van der Waals surface area (Å²) in [5.41, 5.74) is 7.72. The molecule has 0 aliphatic carbocycles. The van der Waals surface area contributed by atoms with Crippen LogP contribution in [0.5, 0.6) is 0 Å². The lowest BCUT2D eigenvalue weighted by Gasteiger charge is -2.20. The maximum absolute atomic E-state index is 6.04. The summed E-state index contributed by atoms with van der Waals surface area (Å²) in [5, 5.41) is 4.57. The van der Waals surface area contributed by atoms with Crippen LogP contribution in [0.25, 0.3) is 11.1 Å². The third kappa shape index (κ3) is 2.46. The molecule has 2 aromatic rings. The summed E-state index contributed by atoms with van der Waals surface area (Å²) in [4.78, 5) is 0. The van der Waals surface area contributed by atoms with Crippen molar-refractivity contribution in [1.82, 2.24) is 5.16 Å². The van der Waals surface area contributed by atoms with E-state index in [-0.39, 0.29) is 5.92 Å². The molecule has 4 nitrogen and oxygen atoms in total. The lowest BCUT2D eigenvalue weighted by atomic mass is 9.93. The number of nitrogens with two attached hydrogens (primary N) is 1. The topological polar surface area (TPSA) is 61.3 Å². The maximum atomic E-state index is 6.04. The van der Waals surface area contributed by atoms with Crippen LogP contribution in [0.2, 0.25) is 5.02 Å². The van der Waals surface area contributed by atoms with Gasteiger partial charge in [0.25, 0.3) is 0 Å². The largest absolute Gasteiger partial charge is 0.381 e. The molecule has 19 heavy (non-hydrogen) atoms. The van der Waals surface area contributed by atoms with Crippen molar-refractivity contribution in [3.05, 3.63) is 35.0 Å². The highest BCUT2D eigenvalue weighted by Crippen LogP contribution is 2.37. The normalized spacial score (nSPS) is 19.5. The fraction of sp³-hybridized carbons (Fsp3) is 0.357. The van der Waals surface area contributed by atoms with Crippen LogP contribution in [-0.4, -0.2) is 18.4 Å². The number of hydrogen-bond donors (Lipinski definition) is 1. The first-order valence-electron chi connectivity index (χ1n) is 6.34. The summed E-state index contributed by atoms with van der Waals surface area (Å²) < 4.78 is 10.9. The van der Waals surface area contributed by atoms with Crippen molar-refractivity contribution in [1.29, 1.82) is 0 Å². The van der Waals surface area contributed by atoms with Crippen LogP contribution in [0.3, 0.4) is 0 Å². The number of rotatable bonds is 2. The van der Waals surface area contributed by atoms with E-state index in [2.05, 4.69) is 5.16 Å². The van der Waals surface area contributed by atoms with Crippen molar-refractivity contribution in [3.8, 4) is 11.1 Å². The van der Waals surface area contributed by atoms with Crippen molar-refractivity contribution in [2.24, 2.45) is 0 Å². The summed E-state index contributed by atoms with van der Waals surface area (Å²) in [7, 11) is 0. The second-order valence-corrected chi connectivity index (χ2v) is 5.17. The molecule has 2 heterocycles. The van der Waals surface area contributed by atoms with Gasteiger partial charge in [0.2, 0.25) is 0 Å². The van der Waals surface area contributed by atoms with Gasteiger partial charge in [-0.2, -0.15) is 0 Å². The van der Waals surface area contributed by atoms with Gasteiger partial charge in [-0.3, -0.25) is 0 Å². The number of ether oxygens (including phenoxy) is 1. The molecule has 5 heteroatoms. The minimum absolute atomic E-state index is 0.215.